The fourth-order valence-electron chi connectivity index (χ4n) is 1.68. The van der Waals surface area contributed by atoms with Crippen molar-refractivity contribution in [2.45, 2.75) is 25.8 Å². The molecule has 0 aromatic rings. The summed E-state index contributed by atoms with van der Waals surface area (Å²) >= 11 is 0. The number of rotatable bonds is 5. The molecule has 17 heavy (non-hydrogen) atoms. The summed E-state index contributed by atoms with van der Waals surface area (Å²) in [5, 5.41) is 11.3. The van der Waals surface area contributed by atoms with Crippen molar-refractivity contribution in [3.8, 4) is 6.07 Å². The van der Waals surface area contributed by atoms with Crippen molar-refractivity contribution in [2.24, 2.45) is 17.6 Å². The van der Waals surface area contributed by atoms with Crippen molar-refractivity contribution in [2.75, 3.05) is 13.2 Å². The third kappa shape index (κ3) is 4.04. The van der Waals surface area contributed by atoms with Gasteiger partial charge in [-0.2, -0.15) is 5.26 Å². The summed E-state index contributed by atoms with van der Waals surface area (Å²) in [5.41, 5.74) is 5.19. The number of nitrogens with one attached hydrogen (secondary N) is 1. The van der Waals surface area contributed by atoms with E-state index < -0.39 is 11.9 Å². The van der Waals surface area contributed by atoms with E-state index in [0.29, 0.717) is 19.6 Å². The first-order chi connectivity index (χ1) is 8.04. The molecular formula is C11H17N3O3. The summed E-state index contributed by atoms with van der Waals surface area (Å²) in [6, 6.07) is 1.23. The normalized spacial score (nSPS) is 22.5. The summed E-state index contributed by atoms with van der Waals surface area (Å²) < 4.78 is 5.09. The predicted molar refractivity (Wildman–Crippen MR) is 59.4 cm³/mol. The van der Waals surface area contributed by atoms with Crippen LogP contribution in [0.4, 0.5) is 0 Å². The molecule has 1 rings (SSSR count). The Bertz CT molecular complexity index is 331. The van der Waals surface area contributed by atoms with Crippen molar-refractivity contribution in [3.05, 3.63) is 0 Å². The number of primary amides is 1. The topological polar surface area (TPSA) is 105 Å². The molecule has 6 heteroatoms. The molecule has 1 aliphatic heterocycles. The highest BCUT2D eigenvalue weighted by molar-refractivity contribution is 5.87. The molecule has 1 heterocycles. The van der Waals surface area contributed by atoms with Gasteiger partial charge < -0.3 is 15.8 Å². The Morgan fingerprint density at radius 1 is 1.65 bits per heavy atom. The van der Waals surface area contributed by atoms with Crippen LogP contribution in [0, 0.1) is 23.2 Å². The van der Waals surface area contributed by atoms with Gasteiger partial charge in [-0.05, 0) is 19.8 Å². The first kappa shape index (κ1) is 13.5. The number of nitrogens with two attached hydrogens (primary N) is 1. The van der Waals surface area contributed by atoms with Gasteiger partial charge in [0.15, 0.2) is 0 Å². The highest BCUT2D eigenvalue weighted by Gasteiger charge is 2.27. The molecule has 0 spiro atoms. The molecule has 0 aliphatic carbocycles. The third-order valence-corrected chi connectivity index (χ3v) is 2.77. The summed E-state index contributed by atoms with van der Waals surface area (Å²) in [7, 11) is 0. The van der Waals surface area contributed by atoms with Gasteiger partial charge in [0.25, 0.3) is 0 Å². The molecule has 0 saturated carbocycles. The van der Waals surface area contributed by atoms with Crippen molar-refractivity contribution in [1.82, 2.24) is 5.32 Å². The first-order valence-electron chi connectivity index (χ1n) is 5.61. The Morgan fingerprint density at radius 2 is 2.35 bits per heavy atom. The van der Waals surface area contributed by atoms with Crippen LogP contribution in [0.3, 0.4) is 0 Å². The van der Waals surface area contributed by atoms with Crippen molar-refractivity contribution < 1.29 is 14.3 Å². The molecule has 0 aromatic carbocycles. The molecule has 3 N–H and O–H groups in total. The maximum absolute atomic E-state index is 11.7. The maximum Gasteiger partial charge on any atom is 0.240 e. The van der Waals surface area contributed by atoms with E-state index in [-0.39, 0.29) is 24.2 Å². The van der Waals surface area contributed by atoms with Crippen LogP contribution < -0.4 is 11.1 Å². The maximum atomic E-state index is 11.7. The lowest BCUT2D eigenvalue weighted by atomic mass is 10.0. The van der Waals surface area contributed by atoms with Crippen molar-refractivity contribution in [3.63, 3.8) is 0 Å². The Balaban J connectivity index is 2.51. The number of hydrogen-bond acceptors (Lipinski definition) is 4. The van der Waals surface area contributed by atoms with E-state index >= 15 is 0 Å². The van der Waals surface area contributed by atoms with Crippen LogP contribution >= 0.6 is 0 Å². The van der Waals surface area contributed by atoms with E-state index in [1.54, 1.807) is 6.92 Å². The lowest BCUT2D eigenvalue weighted by molar-refractivity contribution is -0.130. The van der Waals surface area contributed by atoms with Gasteiger partial charge in [0, 0.05) is 12.5 Å². The molecular weight excluding hydrogens is 222 g/mol. The van der Waals surface area contributed by atoms with Crippen LogP contribution in [0.25, 0.3) is 0 Å². The Morgan fingerprint density at radius 3 is 2.82 bits per heavy atom. The third-order valence-electron chi connectivity index (χ3n) is 2.77. The zero-order valence-electron chi connectivity index (χ0n) is 9.81. The molecule has 1 saturated heterocycles. The second-order valence-electron chi connectivity index (χ2n) is 4.29. The van der Waals surface area contributed by atoms with Crippen LogP contribution in [0.15, 0.2) is 0 Å². The summed E-state index contributed by atoms with van der Waals surface area (Å²) in [6.07, 6.45) is 0.899. The minimum Gasteiger partial charge on any atom is -0.381 e. The van der Waals surface area contributed by atoms with Gasteiger partial charge in [-0.25, -0.2) is 0 Å². The summed E-state index contributed by atoms with van der Waals surface area (Å²) in [5.74, 6) is -1.38. The molecule has 0 radical (unpaired) electrons. The second-order valence-corrected chi connectivity index (χ2v) is 4.29. The Hall–Kier alpha value is -1.61. The monoisotopic (exact) mass is 239 g/mol. The minimum absolute atomic E-state index is 0.214. The molecule has 0 bridgehead atoms. The summed E-state index contributed by atoms with van der Waals surface area (Å²) in [6.45, 7) is 2.62. The number of carbonyl (C=O) groups is 2. The van der Waals surface area contributed by atoms with E-state index in [4.69, 9.17) is 15.7 Å². The minimum atomic E-state index is -0.780. The van der Waals surface area contributed by atoms with Crippen molar-refractivity contribution in [1.29, 1.82) is 5.26 Å². The first-order valence-corrected chi connectivity index (χ1v) is 5.61. The van der Waals surface area contributed by atoms with Crippen molar-refractivity contribution >= 4 is 11.8 Å². The summed E-state index contributed by atoms with van der Waals surface area (Å²) in [4.78, 5) is 22.9. The molecule has 1 aliphatic rings. The van der Waals surface area contributed by atoms with Gasteiger partial charge in [0.1, 0.15) is 6.04 Å². The SMILES string of the molecule is C[C@@H](C#N)C[C@H](NC(=O)[C@@H]1CCOC1)C(N)=O. The van der Waals surface area contributed by atoms with Crippen LogP contribution in [0.5, 0.6) is 0 Å². The van der Waals surface area contributed by atoms with Gasteiger partial charge in [-0.15, -0.1) is 0 Å². The van der Waals surface area contributed by atoms with E-state index in [0.717, 1.165) is 0 Å². The number of nitriles is 1. The van der Waals surface area contributed by atoms with Crippen LogP contribution in [-0.2, 0) is 14.3 Å². The highest BCUT2D eigenvalue weighted by Crippen LogP contribution is 2.13. The fraction of sp³-hybridized carbons (Fsp3) is 0.727. The molecule has 1 fully saturated rings. The number of carbonyl (C=O) groups excluding carboxylic acids is 2. The quantitative estimate of drug-likeness (QED) is 0.677. The average Bonchev–Trinajstić information content (AvgIpc) is 2.81. The van der Waals surface area contributed by atoms with E-state index in [2.05, 4.69) is 5.32 Å². The molecule has 2 amide bonds. The molecule has 3 atom stereocenters. The van der Waals surface area contributed by atoms with Crippen LogP contribution in [0.2, 0.25) is 0 Å². The second kappa shape index (κ2) is 6.21. The van der Waals surface area contributed by atoms with Gasteiger partial charge in [0.2, 0.25) is 11.8 Å². The average molecular weight is 239 g/mol. The zero-order chi connectivity index (χ0) is 12.8. The smallest absolute Gasteiger partial charge is 0.240 e. The van der Waals surface area contributed by atoms with E-state index in [1.807, 2.05) is 6.07 Å². The fourth-order valence-corrected chi connectivity index (χ4v) is 1.68. The van der Waals surface area contributed by atoms with Crippen LogP contribution in [0.1, 0.15) is 19.8 Å². The zero-order valence-corrected chi connectivity index (χ0v) is 9.81. The standard InChI is InChI=1S/C11H17N3O3/c1-7(5-12)4-9(10(13)15)14-11(16)8-2-3-17-6-8/h7-9H,2-4,6H2,1H3,(H2,13,15)(H,14,16)/t7-,8-,9+/m1/s1. The molecule has 94 valence electrons. The number of hydrogen-bond donors (Lipinski definition) is 2. The van der Waals surface area contributed by atoms with Gasteiger partial charge >= 0.3 is 0 Å². The van der Waals surface area contributed by atoms with Gasteiger partial charge in [-0.1, -0.05) is 0 Å². The molecule has 0 unspecified atom stereocenters. The van der Waals surface area contributed by atoms with Crippen LogP contribution in [-0.4, -0.2) is 31.1 Å². The number of amides is 2. The largest absolute Gasteiger partial charge is 0.381 e. The van der Waals surface area contributed by atoms with E-state index in [1.165, 1.54) is 0 Å². The Labute approximate surface area is 100 Å². The lowest BCUT2D eigenvalue weighted by Crippen LogP contribution is -2.47. The molecule has 6 nitrogen and oxygen atoms in total. The predicted octanol–water partition coefficient (Wildman–Crippen LogP) is -0.457. The lowest BCUT2D eigenvalue weighted by Gasteiger charge is -2.18. The molecule has 0 aromatic heterocycles. The highest BCUT2D eigenvalue weighted by atomic mass is 16.5. The number of ether oxygens (including phenoxy) is 1. The van der Waals surface area contributed by atoms with Gasteiger partial charge in [-0.3, -0.25) is 9.59 Å². The van der Waals surface area contributed by atoms with Gasteiger partial charge in [0.05, 0.1) is 18.6 Å². The van der Waals surface area contributed by atoms with E-state index in [9.17, 15) is 9.59 Å². The number of nitrogens with zero attached hydrogens (tertiary/aromatic N) is 1. The Kier molecular flexibility index (Phi) is 4.91.